The van der Waals surface area contributed by atoms with E-state index in [1.807, 2.05) is 26.0 Å². The number of aliphatic hydroxyl groups excluding tert-OH is 1. The van der Waals surface area contributed by atoms with Gasteiger partial charge >= 0.3 is 0 Å². The van der Waals surface area contributed by atoms with Crippen LogP contribution < -0.4 is 15.0 Å². The lowest BCUT2D eigenvalue weighted by Crippen LogP contribution is -2.32. The molecule has 43 heavy (non-hydrogen) atoms. The maximum absolute atomic E-state index is 14.0. The van der Waals surface area contributed by atoms with Crippen molar-refractivity contribution in [3.63, 3.8) is 0 Å². The van der Waals surface area contributed by atoms with Crippen molar-refractivity contribution in [3.05, 3.63) is 69.9 Å². The van der Waals surface area contributed by atoms with Crippen LogP contribution in [0.3, 0.4) is 0 Å². The van der Waals surface area contributed by atoms with Gasteiger partial charge in [0.25, 0.3) is 5.56 Å². The number of nitrogens with zero attached hydrogens (tertiary/aromatic N) is 4. The second-order valence-corrected chi connectivity index (χ2v) is 12.2. The molecular formula is C31H41N5O6S. The molecule has 0 saturated carbocycles. The molecule has 2 heterocycles. The van der Waals surface area contributed by atoms with E-state index in [2.05, 4.69) is 16.9 Å². The molecule has 0 aliphatic rings. The summed E-state index contributed by atoms with van der Waals surface area (Å²) in [6, 6.07) is 11.8. The Kier molecular flexibility index (Phi) is 10.9. The van der Waals surface area contributed by atoms with Gasteiger partial charge in [-0.2, -0.15) is 4.31 Å². The largest absolute Gasteiger partial charge is 0.494 e. The summed E-state index contributed by atoms with van der Waals surface area (Å²) in [6.45, 7) is 8.55. The summed E-state index contributed by atoms with van der Waals surface area (Å²) < 4.78 is 42.3. The van der Waals surface area contributed by atoms with E-state index in [1.165, 1.54) is 16.4 Å². The van der Waals surface area contributed by atoms with Crippen molar-refractivity contribution in [3.8, 4) is 22.9 Å². The van der Waals surface area contributed by atoms with Crippen LogP contribution in [0.4, 0.5) is 0 Å². The van der Waals surface area contributed by atoms with Crippen molar-refractivity contribution in [2.24, 2.45) is 0 Å². The number of aromatic amines is 1. The van der Waals surface area contributed by atoms with E-state index >= 15 is 0 Å². The van der Waals surface area contributed by atoms with Crippen LogP contribution in [0.15, 0.2) is 52.2 Å². The van der Waals surface area contributed by atoms with Gasteiger partial charge in [-0.05, 0) is 69.5 Å². The highest BCUT2D eigenvalue weighted by Gasteiger charge is 2.27. The third-order valence-electron chi connectivity index (χ3n) is 7.05. The number of hydrogen-bond donors (Lipinski definition) is 2. The summed E-state index contributed by atoms with van der Waals surface area (Å²) in [5.74, 6) is 1.95. The zero-order valence-electron chi connectivity index (χ0n) is 25.3. The third-order valence-corrected chi connectivity index (χ3v) is 8.89. The van der Waals surface area contributed by atoms with E-state index < -0.39 is 10.0 Å². The highest BCUT2D eigenvalue weighted by molar-refractivity contribution is 7.89. The number of nitrogens with one attached hydrogen (secondary N) is 1. The first kappa shape index (κ1) is 32.2. The van der Waals surface area contributed by atoms with E-state index in [-0.39, 0.29) is 42.4 Å². The summed E-state index contributed by atoms with van der Waals surface area (Å²) in [5.41, 5.74) is 1.70. The van der Waals surface area contributed by atoms with Gasteiger partial charge in [-0.3, -0.25) is 4.79 Å². The van der Waals surface area contributed by atoms with Gasteiger partial charge in [-0.1, -0.05) is 31.9 Å². The Labute approximate surface area is 252 Å². The van der Waals surface area contributed by atoms with Gasteiger partial charge in [0.2, 0.25) is 10.0 Å². The molecule has 2 aromatic heterocycles. The summed E-state index contributed by atoms with van der Waals surface area (Å²) in [6.07, 6.45) is 3.93. The Morgan fingerprint density at radius 2 is 1.74 bits per heavy atom. The predicted molar refractivity (Wildman–Crippen MR) is 165 cm³/mol. The molecule has 0 aliphatic heterocycles. The number of H-pyrrole nitrogens is 1. The number of imidazole rings is 1. The molecule has 0 radical (unpaired) electrons. The molecule has 232 valence electrons. The predicted octanol–water partition coefficient (Wildman–Crippen LogP) is 4.50. The molecule has 0 saturated heterocycles. The normalized spacial score (nSPS) is 11.9. The average Bonchev–Trinajstić information content (AvgIpc) is 3.31. The Balaban J connectivity index is 1.77. The van der Waals surface area contributed by atoms with E-state index in [4.69, 9.17) is 14.6 Å². The van der Waals surface area contributed by atoms with Gasteiger partial charge in [0.05, 0.1) is 29.4 Å². The number of rotatable bonds is 16. The number of unbranched alkanes of at least 4 members (excludes halogenated alkanes) is 2. The van der Waals surface area contributed by atoms with E-state index in [9.17, 15) is 18.3 Å². The number of aryl methyl sites for hydroxylation is 2. The van der Waals surface area contributed by atoms with Gasteiger partial charge in [0.1, 0.15) is 17.3 Å². The summed E-state index contributed by atoms with van der Waals surface area (Å²) in [7, 11) is -4.03. The molecule has 4 aromatic rings. The highest BCUT2D eigenvalue weighted by Crippen LogP contribution is 2.32. The average molecular weight is 612 g/mol. The van der Waals surface area contributed by atoms with Crippen LogP contribution >= 0.6 is 0 Å². The molecule has 11 nitrogen and oxygen atoms in total. The summed E-state index contributed by atoms with van der Waals surface area (Å²) in [4.78, 5) is 20.7. The van der Waals surface area contributed by atoms with Crippen molar-refractivity contribution >= 4 is 15.5 Å². The van der Waals surface area contributed by atoms with Crippen LogP contribution in [0, 0.1) is 6.92 Å². The zero-order chi connectivity index (χ0) is 31.0. The monoisotopic (exact) mass is 611 g/mol. The number of fused-ring (bicyclic) bond motifs is 1. The Morgan fingerprint density at radius 1 is 1.00 bits per heavy atom. The van der Waals surface area contributed by atoms with E-state index in [0.717, 1.165) is 24.8 Å². The van der Waals surface area contributed by atoms with Gasteiger partial charge in [-0.25, -0.2) is 17.9 Å². The van der Waals surface area contributed by atoms with Crippen molar-refractivity contribution in [2.45, 2.75) is 71.2 Å². The van der Waals surface area contributed by atoms with Crippen LogP contribution in [0.5, 0.6) is 11.5 Å². The number of aromatic nitrogens is 4. The molecular weight excluding hydrogens is 570 g/mol. The Bertz CT molecular complexity index is 1680. The number of aliphatic hydroxyl groups is 1. The summed E-state index contributed by atoms with van der Waals surface area (Å²) in [5, 5.41) is 14.2. The lowest BCUT2D eigenvalue weighted by atomic mass is 10.2. The minimum Gasteiger partial charge on any atom is -0.494 e. The lowest BCUT2D eigenvalue weighted by molar-refractivity contribution is 0.267. The standard InChI is InChI=1S/C31H41N5O6S/c1-5-8-9-11-28-32-22(4)29-31(38)33-30(34-36(28)29)26-20-25(16-17-27(26)42-7-3)43(39,40)35(18-10-19-37)21-23-12-14-24(15-13-23)41-6-2/h12-17,20,37H,5-11,18-19,21H2,1-4H3,(H,33,34,38). The Morgan fingerprint density at radius 3 is 2.42 bits per heavy atom. The molecule has 2 aromatic carbocycles. The van der Waals surface area contributed by atoms with Crippen molar-refractivity contribution in [2.75, 3.05) is 26.4 Å². The molecule has 12 heteroatoms. The van der Waals surface area contributed by atoms with Crippen LogP contribution in [0.1, 0.15) is 63.5 Å². The first-order valence-corrected chi connectivity index (χ1v) is 16.3. The molecule has 0 unspecified atom stereocenters. The molecule has 0 amide bonds. The molecule has 2 N–H and O–H groups in total. The van der Waals surface area contributed by atoms with Gasteiger partial charge in [-0.15, -0.1) is 5.10 Å². The number of hydrogen-bond acceptors (Lipinski definition) is 8. The van der Waals surface area contributed by atoms with Crippen LogP contribution in [0.2, 0.25) is 0 Å². The maximum Gasteiger partial charge on any atom is 0.277 e. The van der Waals surface area contributed by atoms with Crippen LogP contribution in [-0.4, -0.2) is 63.8 Å². The fraction of sp³-hybridized carbons (Fsp3) is 0.452. The van der Waals surface area contributed by atoms with Gasteiger partial charge in [0.15, 0.2) is 11.3 Å². The molecule has 0 atom stereocenters. The number of ether oxygens (including phenoxy) is 2. The SMILES string of the molecule is CCCCCc1nc(C)c2c(=O)[nH]c(-c3cc(S(=O)(=O)N(CCCO)Cc4ccc(OCC)cc4)ccc3OCC)nn12. The third kappa shape index (κ3) is 7.43. The fourth-order valence-corrected chi connectivity index (χ4v) is 6.42. The van der Waals surface area contributed by atoms with Crippen molar-refractivity contribution in [1.82, 2.24) is 23.9 Å². The maximum atomic E-state index is 14.0. The van der Waals surface area contributed by atoms with Gasteiger partial charge in [0, 0.05) is 26.1 Å². The quantitative estimate of drug-likeness (QED) is 0.177. The van der Waals surface area contributed by atoms with Gasteiger partial charge < -0.3 is 19.6 Å². The van der Waals surface area contributed by atoms with Crippen LogP contribution in [0.25, 0.3) is 16.9 Å². The first-order chi connectivity index (χ1) is 20.7. The van der Waals surface area contributed by atoms with E-state index in [1.54, 1.807) is 29.6 Å². The Hall–Kier alpha value is -3.74. The molecule has 0 aliphatic carbocycles. The van der Waals surface area contributed by atoms with Crippen molar-refractivity contribution in [1.29, 1.82) is 0 Å². The molecule has 0 fully saturated rings. The first-order valence-electron chi connectivity index (χ1n) is 14.8. The number of sulfonamides is 1. The lowest BCUT2D eigenvalue weighted by Gasteiger charge is -2.23. The van der Waals surface area contributed by atoms with Crippen molar-refractivity contribution < 1.29 is 23.0 Å². The van der Waals surface area contributed by atoms with Crippen LogP contribution in [-0.2, 0) is 23.0 Å². The molecule has 4 rings (SSSR count). The highest BCUT2D eigenvalue weighted by atomic mass is 32.2. The van der Waals surface area contributed by atoms with E-state index in [0.29, 0.717) is 53.7 Å². The second kappa shape index (κ2) is 14.6. The minimum atomic E-state index is -4.03. The molecule has 0 bridgehead atoms. The topological polar surface area (TPSA) is 139 Å². The molecule has 0 spiro atoms. The fourth-order valence-electron chi connectivity index (χ4n) is 4.93. The second-order valence-electron chi connectivity index (χ2n) is 10.2. The number of benzene rings is 2. The smallest absolute Gasteiger partial charge is 0.277 e. The minimum absolute atomic E-state index is 0.0163. The summed E-state index contributed by atoms with van der Waals surface area (Å²) >= 11 is 0. The zero-order valence-corrected chi connectivity index (χ0v) is 26.1.